The highest BCUT2D eigenvalue weighted by Crippen LogP contribution is 2.47. The Morgan fingerprint density at radius 1 is 1.50 bits per heavy atom. The van der Waals surface area contributed by atoms with Gasteiger partial charge in [-0.2, -0.15) is 0 Å². The molecule has 86 valence electrons. The fourth-order valence-electron chi connectivity index (χ4n) is 1.65. The maximum atomic E-state index is 11.7. The van der Waals surface area contributed by atoms with Crippen molar-refractivity contribution in [3.8, 4) is 0 Å². The molecule has 1 saturated carbocycles. The first-order chi connectivity index (χ1) is 7.65. The summed E-state index contributed by atoms with van der Waals surface area (Å²) < 4.78 is 0. The molecule has 5 nitrogen and oxygen atoms in total. The van der Waals surface area contributed by atoms with Gasteiger partial charge in [-0.3, -0.25) is 4.79 Å². The Morgan fingerprint density at radius 2 is 2.25 bits per heavy atom. The number of hydrogen-bond donors (Lipinski definition) is 2. The number of anilines is 1. The number of nitrogens with two attached hydrogens (primary N) is 1. The van der Waals surface area contributed by atoms with Crippen molar-refractivity contribution in [2.75, 3.05) is 12.3 Å². The van der Waals surface area contributed by atoms with E-state index >= 15 is 0 Å². The molecule has 0 aromatic carbocycles. The number of aromatic nitrogens is 2. The predicted octanol–water partition coefficient (Wildman–Crippen LogP) is 0.979. The van der Waals surface area contributed by atoms with Crippen LogP contribution in [0.5, 0.6) is 0 Å². The van der Waals surface area contributed by atoms with Crippen LogP contribution in [0.4, 0.5) is 5.82 Å². The molecular formula is C11H16N4O. The maximum absolute atomic E-state index is 11.7. The third-order valence-corrected chi connectivity index (χ3v) is 3.24. The number of nitrogen functional groups attached to an aromatic ring is 1. The van der Waals surface area contributed by atoms with Crippen LogP contribution >= 0.6 is 0 Å². The van der Waals surface area contributed by atoms with Crippen molar-refractivity contribution in [2.24, 2.45) is 5.41 Å². The van der Waals surface area contributed by atoms with Gasteiger partial charge in [0.1, 0.15) is 11.5 Å². The summed E-state index contributed by atoms with van der Waals surface area (Å²) in [5.41, 5.74) is 6.06. The largest absolute Gasteiger partial charge is 0.382 e. The van der Waals surface area contributed by atoms with Crippen molar-refractivity contribution in [1.29, 1.82) is 0 Å². The van der Waals surface area contributed by atoms with Gasteiger partial charge in [0.25, 0.3) is 5.91 Å². The van der Waals surface area contributed by atoms with Crippen molar-refractivity contribution in [1.82, 2.24) is 15.3 Å². The van der Waals surface area contributed by atoms with Gasteiger partial charge in [-0.25, -0.2) is 9.97 Å². The van der Waals surface area contributed by atoms with Crippen LogP contribution in [0, 0.1) is 5.41 Å². The third-order valence-electron chi connectivity index (χ3n) is 3.24. The Morgan fingerprint density at radius 3 is 2.75 bits per heavy atom. The van der Waals surface area contributed by atoms with E-state index in [4.69, 9.17) is 5.73 Å². The van der Waals surface area contributed by atoms with Crippen LogP contribution in [0.3, 0.4) is 0 Å². The van der Waals surface area contributed by atoms with E-state index in [1.165, 1.54) is 25.2 Å². The first-order valence-corrected chi connectivity index (χ1v) is 5.51. The van der Waals surface area contributed by atoms with Gasteiger partial charge < -0.3 is 11.1 Å². The van der Waals surface area contributed by atoms with Gasteiger partial charge in [-0.05, 0) is 24.7 Å². The normalized spacial score (nSPS) is 16.8. The zero-order valence-corrected chi connectivity index (χ0v) is 9.36. The molecular weight excluding hydrogens is 204 g/mol. The summed E-state index contributed by atoms with van der Waals surface area (Å²) in [7, 11) is 0. The van der Waals surface area contributed by atoms with Crippen molar-refractivity contribution in [3.63, 3.8) is 0 Å². The molecule has 0 radical (unpaired) electrons. The van der Waals surface area contributed by atoms with E-state index < -0.39 is 0 Å². The Balaban J connectivity index is 1.91. The van der Waals surface area contributed by atoms with Gasteiger partial charge in [0.2, 0.25) is 0 Å². The molecule has 1 aromatic heterocycles. The molecule has 16 heavy (non-hydrogen) atoms. The smallest absolute Gasteiger partial charge is 0.271 e. The van der Waals surface area contributed by atoms with Crippen molar-refractivity contribution >= 4 is 11.7 Å². The van der Waals surface area contributed by atoms with Crippen LogP contribution in [-0.2, 0) is 0 Å². The Bertz CT molecular complexity index is 383. The first-order valence-electron chi connectivity index (χ1n) is 5.51. The number of amides is 1. The monoisotopic (exact) mass is 220 g/mol. The number of nitrogens with zero attached hydrogens (tertiary/aromatic N) is 2. The average Bonchev–Trinajstić information content (AvgIpc) is 3.08. The standard InChI is InChI=1S/C11H16N4O/c1-2-11(3-4-11)7-15-10(16)8-5-14-9(12)6-13-8/h5-6H,2-4,7H2,1H3,(H2,12,14)(H,15,16). The molecule has 1 heterocycles. The second-order valence-corrected chi connectivity index (χ2v) is 4.36. The summed E-state index contributed by atoms with van der Waals surface area (Å²) in [5, 5.41) is 2.89. The maximum Gasteiger partial charge on any atom is 0.271 e. The summed E-state index contributed by atoms with van der Waals surface area (Å²) in [5.74, 6) is 0.149. The molecule has 0 atom stereocenters. The lowest BCUT2D eigenvalue weighted by molar-refractivity contribution is 0.0939. The highest BCUT2D eigenvalue weighted by Gasteiger charge is 2.40. The summed E-state index contributed by atoms with van der Waals surface area (Å²) in [6.07, 6.45) is 6.31. The Kier molecular flexibility index (Phi) is 2.77. The van der Waals surface area contributed by atoms with Crippen LogP contribution in [0.15, 0.2) is 12.4 Å². The van der Waals surface area contributed by atoms with Crippen LogP contribution < -0.4 is 11.1 Å². The molecule has 0 spiro atoms. The second kappa shape index (κ2) is 4.08. The predicted molar refractivity (Wildman–Crippen MR) is 60.7 cm³/mol. The highest BCUT2D eigenvalue weighted by atomic mass is 16.1. The van der Waals surface area contributed by atoms with Crippen LogP contribution in [0.2, 0.25) is 0 Å². The number of nitrogens with one attached hydrogen (secondary N) is 1. The Labute approximate surface area is 94.5 Å². The summed E-state index contributed by atoms with van der Waals surface area (Å²) in [4.78, 5) is 19.5. The van der Waals surface area contributed by atoms with Crippen molar-refractivity contribution < 1.29 is 4.79 Å². The van der Waals surface area contributed by atoms with E-state index in [2.05, 4.69) is 22.2 Å². The van der Waals surface area contributed by atoms with Gasteiger partial charge >= 0.3 is 0 Å². The minimum atomic E-state index is -0.174. The highest BCUT2D eigenvalue weighted by molar-refractivity contribution is 5.92. The molecule has 1 fully saturated rings. The lowest BCUT2D eigenvalue weighted by Gasteiger charge is -2.12. The van der Waals surface area contributed by atoms with E-state index in [1.807, 2.05) is 0 Å². The summed E-state index contributed by atoms with van der Waals surface area (Å²) in [6.45, 7) is 2.89. The van der Waals surface area contributed by atoms with E-state index in [0.717, 1.165) is 13.0 Å². The van der Waals surface area contributed by atoms with E-state index in [-0.39, 0.29) is 5.91 Å². The molecule has 3 N–H and O–H groups in total. The third kappa shape index (κ3) is 2.29. The number of carbonyl (C=O) groups excluding carboxylic acids is 1. The summed E-state index contributed by atoms with van der Waals surface area (Å²) >= 11 is 0. The van der Waals surface area contributed by atoms with Gasteiger partial charge in [0, 0.05) is 6.54 Å². The average molecular weight is 220 g/mol. The van der Waals surface area contributed by atoms with Gasteiger partial charge in [0.05, 0.1) is 12.4 Å². The minimum absolute atomic E-state index is 0.174. The molecule has 0 bridgehead atoms. The minimum Gasteiger partial charge on any atom is -0.382 e. The van der Waals surface area contributed by atoms with Gasteiger partial charge in [-0.1, -0.05) is 6.92 Å². The fraction of sp³-hybridized carbons (Fsp3) is 0.545. The van der Waals surface area contributed by atoms with Crippen LogP contribution in [0.25, 0.3) is 0 Å². The van der Waals surface area contributed by atoms with Crippen LogP contribution in [-0.4, -0.2) is 22.4 Å². The zero-order chi connectivity index (χ0) is 11.6. The lowest BCUT2D eigenvalue weighted by Crippen LogP contribution is -2.30. The quantitative estimate of drug-likeness (QED) is 0.792. The molecule has 0 saturated heterocycles. The van der Waals surface area contributed by atoms with Crippen molar-refractivity contribution in [3.05, 3.63) is 18.1 Å². The van der Waals surface area contributed by atoms with Crippen molar-refractivity contribution in [2.45, 2.75) is 26.2 Å². The molecule has 5 heteroatoms. The molecule has 1 aliphatic carbocycles. The van der Waals surface area contributed by atoms with Crippen LogP contribution in [0.1, 0.15) is 36.7 Å². The molecule has 0 unspecified atom stereocenters. The summed E-state index contributed by atoms with van der Waals surface area (Å²) in [6, 6.07) is 0. The molecule has 1 amide bonds. The topological polar surface area (TPSA) is 80.9 Å². The number of carbonyl (C=O) groups is 1. The van der Waals surface area contributed by atoms with Gasteiger partial charge in [0.15, 0.2) is 0 Å². The van der Waals surface area contributed by atoms with E-state index in [9.17, 15) is 4.79 Å². The molecule has 2 rings (SSSR count). The lowest BCUT2D eigenvalue weighted by atomic mass is 10.0. The first kappa shape index (κ1) is 10.9. The van der Waals surface area contributed by atoms with E-state index in [0.29, 0.717) is 16.9 Å². The van der Waals surface area contributed by atoms with E-state index in [1.54, 1.807) is 0 Å². The second-order valence-electron chi connectivity index (χ2n) is 4.36. The molecule has 0 aliphatic heterocycles. The SMILES string of the molecule is CCC1(CNC(=O)c2cnc(N)cn2)CC1. The fourth-order valence-corrected chi connectivity index (χ4v) is 1.65. The zero-order valence-electron chi connectivity index (χ0n) is 9.36. The number of hydrogen-bond acceptors (Lipinski definition) is 4. The van der Waals surface area contributed by atoms with Gasteiger partial charge in [-0.15, -0.1) is 0 Å². The molecule has 1 aromatic rings. The number of rotatable bonds is 4. The Hall–Kier alpha value is -1.65. The molecule has 1 aliphatic rings.